The highest BCUT2D eigenvalue weighted by Crippen LogP contribution is 2.06. The van der Waals surface area contributed by atoms with Crippen molar-refractivity contribution in [2.75, 3.05) is 13.6 Å². The highest BCUT2D eigenvalue weighted by atomic mass is 16.4. The molecular weight excluding hydrogens is 154 g/mol. The fourth-order valence-corrected chi connectivity index (χ4v) is 1.35. The van der Waals surface area contributed by atoms with Gasteiger partial charge in [0.25, 0.3) is 0 Å². The molecule has 0 amide bonds. The molecule has 0 rings (SSSR count). The summed E-state index contributed by atoms with van der Waals surface area (Å²) in [5.74, 6) is -0.704. The zero-order chi connectivity index (χ0) is 9.56. The van der Waals surface area contributed by atoms with E-state index in [2.05, 4.69) is 11.8 Å². The minimum absolute atomic E-state index is 0.197. The van der Waals surface area contributed by atoms with Gasteiger partial charge in [0.05, 0.1) is 6.42 Å². The van der Waals surface area contributed by atoms with Crippen molar-refractivity contribution in [2.45, 2.75) is 39.2 Å². The van der Waals surface area contributed by atoms with E-state index < -0.39 is 5.97 Å². The summed E-state index contributed by atoms with van der Waals surface area (Å²) in [5.41, 5.74) is 0. The predicted molar refractivity (Wildman–Crippen MR) is 49.3 cm³/mol. The Kier molecular flexibility index (Phi) is 5.72. The number of hydrogen-bond acceptors (Lipinski definition) is 2. The fourth-order valence-electron chi connectivity index (χ4n) is 1.35. The first-order valence-corrected chi connectivity index (χ1v) is 4.53. The van der Waals surface area contributed by atoms with Crippen LogP contribution in [0.4, 0.5) is 0 Å². The molecule has 1 atom stereocenters. The average Bonchev–Trinajstić information content (AvgIpc) is 2.00. The third-order valence-corrected chi connectivity index (χ3v) is 2.08. The van der Waals surface area contributed by atoms with E-state index in [9.17, 15) is 4.79 Å². The van der Waals surface area contributed by atoms with Crippen LogP contribution in [0.1, 0.15) is 33.1 Å². The number of nitrogens with zero attached hydrogens (tertiary/aromatic N) is 1. The second-order valence-electron chi connectivity index (χ2n) is 3.14. The third-order valence-electron chi connectivity index (χ3n) is 2.08. The van der Waals surface area contributed by atoms with E-state index >= 15 is 0 Å². The van der Waals surface area contributed by atoms with Gasteiger partial charge in [0, 0.05) is 6.04 Å². The van der Waals surface area contributed by atoms with Crippen molar-refractivity contribution in [3.8, 4) is 0 Å². The van der Waals surface area contributed by atoms with Gasteiger partial charge in [-0.2, -0.15) is 0 Å². The molecule has 0 spiro atoms. The molecule has 0 aliphatic heterocycles. The third kappa shape index (κ3) is 4.34. The van der Waals surface area contributed by atoms with Crippen LogP contribution in [-0.4, -0.2) is 35.6 Å². The summed E-state index contributed by atoms with van der Waals surface area (Å²) in [6.45, 7) is 5.11. The maximum absolute atomic E-state index is 10.5. The molecule has 0 saturated carbocycles. The second-order valence-corrected chi connectivity index (χ2v) is 3.14. The molecule has 3 nitrogen and oxygen atoms in total. The summed E-state index contributed by atoms with van der Waals surface area (Å²) < 4.78 is 0. The Bertz CT molecular complexity index is 136. The van der Waals surface area contributed by atoms with E-state index in [0.717, 1.165) is 19.4 Å². The summed E-state index contributed by atoms with van der Waals surface area (Å²) in [6, 6.07) is 0.197. The molecule has 0 fully saturated rings. The first-order chi connectivity index (χ1) is 5.61. The topological polar surface area (TPSA) is 40.5 Å². The Hall–Kier alpha value is -0.570. The van der Waals surface area contributed by atoms with Crippen LogP contribution < -0.4 is 0 Å². The quantitative estimate of drug-likeness (QED) is 0.663. The zero-order valence-electron chi connectivity index (χ0n) is 8.21. The van der Waals surface area contributed by atoms with Gasteiger partial charge >= 0.3 is 5.97 Å². The first-order valence-electron chi connectivity index (χ1n) is 4.53. The fraction of sp³-hybridized carbons (Fsp3) is 0.889. The van der Waals surface area contributed by atoms with Gasteiger partial charge in [-0.25, -0.2) is 0 Å². The number of hydrogen-bond donors (Lipinski definition) is 1. The Labute approximate surface area is 74.4 Å². The Morgan fingerprint density at radius 1 is 1.50 bits per heavy atom. The van der Waals surface area contributed by atoms with Crippen LogP contribution in [0.2, 0.25) is 0 Å². The molecule has 3 heteroatoms. The molecular formula is C9H19NO2. The lowest BCUT2D eigenvalue weighted by molar-refractivity contribution is -0.138. The van der Waals surface area contributed by atoms with Crippen LogP contribution in [0.25, 0.3) is 0 Å². The van der Waals surface area contributed by atoms with E-state index in [1.165, 1.54) is 0 Å². The van der Waals surface area contributed by atoms with Crippen molar-refractivity contribution < 1.29 is 9.90 Å². The van der Waals surface area contributed by atoms with Gasteiger partial charge in [-0.3, -0.25) is 4.79 Å². The minimum Gasteiger partial charge on any atom is -0.481 e. The Morgan fingerprint density at radius 3 is 2.42 bits per heavy atom. The van der Waals surface area contributed by atoms with Crippen LogP contribution in [0.15, 0.2) is 0 Å². The molecule has 0 bridgehead atoms. The van der Waals surface area contributed by atoms with Crippen molar-refractivity contribution in [2.24, 2.45) is 0 Å². The smallest absolute Gasteiger partial charge is 0.304 e. The van der Waals surface area contributed by atoms with Gasteiger partial charge in [-0.05, 0) is 26.4 Å². The standard InChI is InChI=1S/C9H19NO2/c1-4-6-10(3)8(5-2)7-9(11)12/h8H,4-7H2,1-3H3,(H,11,12). The van der Waals surface area contributed by atoms with E-state index in [-0.39, 0.29) is 12.5 Å². The number of rotatable bonds is 6. The average molecular weight is 173 g/mol. The zero-order valence-corrected chi connectivity index (χ0v) is 8.21. The van der Waals surface area contributed by atoms with E-state index in [1.807, 2.05) is 14.0 Å². The van der Waals surface area contributed by atoms with Crippen molar-refractivity contribution in [1.82, 2.24) is 4.90 Å². The first kappa shape index (κ1) is 11.4. The monoisotopic (exact) mass is 173 g/mol. The molecule has 12 heavy (non-hydrogen) atoms. The Morgan fingerprint density at radius 2 is 2.08 bits per heavy atom. The lowest BCUT2D eigenvalue weighted by Crippen LogP contribution is -2.33. The molecule has 1 N–H and O–H groups in total. The van der Waals surface area contributed by atoms with Gasteiger partial charge in [-0.1, -0.05) is 13.8 Å². The summed E-state index contributed by atoms with van der Waals surface area (Å²) >= 11 is 0. The molecule has 0 heterocycles. The summed E-state index contributed by atoms with van der Waals surface area (Å²) in [6.07, 6.45) is 2.24. The molecule has 72 valence electrons. The largest absolute Gasteiger partial charge is 0.481 e. The van der Waals surface area contributed by atoms with Crippen LogP contribution in [0.5, 0.6) is 0 Å². The SMILES string of the molecule is CCCN(C)C(CC)CC(=O)O. The second kappa shape index (κ2) is 6.00. The van der Waals surface area contributed by atoms with E-state index in [1.54, 1.807) is 0 Å². The van der Waals surface area contributed by atoms with E-state index in [0.29, 0.717) is 0 Å². The molecule has 0 aliphatic rings. The predicted octanol–water partition coefficient (Wildman–Crippen LogP) is 1.58. The Balaban J connectivity index is 3.86. The minimum atomic E-state index is -0.704. The summed E-state index contributed by atoms with van der Waals surface area (Å²) in [5, 5.41) is 8.61. The van der Waals surface area contributed by atoms with Gasteiger partial charge in [0.2, 0.25) is 0 Å². The molecule has 0 radical (unpaired) electrons. The maximum Gasteiger partial charge on any atom is 0.304 e. The van der Waals surface area contributed by atoms with Crippen molar-refractivity contribution in [3.63, 3.8) is 0 Å². The van der Waals surface area contributed by atoms with Crippen molar-refractivity contribution in [1.29, 1.82) is 0 Å². The lowest BCUT2D eigenvalue weighted by Gasteiger charge is -2.24. The molecule has 0 aromatic rings. The lowest BCUT2D eigenvalue weighted by atomic mass is 10.1. The number of carbonyl (C=O) groups is 1. The number of carboxylic acid groups (broad SMARTS) is 1. The van der Waals surface area contributed by atoms with Crippen molar-refractivity contribution in [3.05, 3.63) is 0 Å². The van der Waals surface area contributed by atoms with E-state index in [4.69, 9.17) is 5.11 Å². The molecule has 0 aromatic carbocycles. The molecule has 0 aliphatic carbocycles. The van der Waals surface area contributed by atoms with Crippen molar-refractivity contribution >= 4 is 5.97 Å². The van der Waals surface area contributed by atoms with Gasteiger partial charge in [0.1, 0.15) is 0 Å². The van der Waals surface area contributed by atoms with Crippen LogP contribution in [0.3, 0.4) is 0 Å². The normalized spacial score (nSPS) is 13.3. The van der Waals surface area contributed by atoms with Gasteiger partial charge < -0.3 is 10.0 Å². The van der Waals surface area contributed by atoms with Crippen LogP contribution in [0, 0.1) is 0 Å². The van der Waals surface area contributed by atoms with Gasteiger partial charge in [-0.15, -0.1) is 0 Å². The van der Waals surface area contributed by atoms with Crippen LogP contribution in [-0.2, 0) is 4.79 Å². The highest BCUT2D eigenvalue weighted by molar-refractivity contribution is 5.67. The maximum atomic E-state index is 10.5. The summed E-state index contributed by atoms with van der Waals surface area (Å²) in [7, 11) is 1.99. The van der Waals surface area contributed by atoms with Gasteiger partial charge in [0.15, 0.2) is 0 Å². The molecule has 0 saturated heterocycles. The summed E-state index contributed by atoms with van der Waals surface area (Å²) in [4.78, 5) is 12.6. The number of aliphatic carboxylic acids is 1. The molecule has 1 unspecified atom stereocenters. The highest BCUT2D eigenvalue weighted by Gasteiger charge is 2.14. The van der Waals surface area contributed by atoms with Crippen LogP contribution >= 0.6 is 0 Å². The number of carboxylic acids is 1. The molecule has 0 aromatic heterocycles.